The smallest absolute Gasteiger partial charge is 0.388 e. The van der Waals surface area contributed by atoms with E-state index >= 15 is 0 Å². The molecule has 0 radical (unpaired) electrons. The number of hydrogen-bond acceptors (Lipinski definition) is 6. The third-order valence-electron chi connectivity index (χ3n) is 4.70. The summed E-state index contributed by atoms with van der Waals surface area (Å²) >= 11 is 0. The minimum absolute atomic E-state index is 0.112. The van der Waals surface area contributed by atoms with Crippen LogP contribution in [0.5, 0.6) is 0 Å². The summed E-state index contributed by atoms with van der Waals surface area (Å²) in [6.07, 6.45) is 1.26. The van der Waals surface area contributed by atoms with E-state index in [-0.39, 0.29) is 34.3 Å². The number of nitrogens with zero attached hydrogens (tertiary/aromatic N) is 4. The molecule has 0 fully saturated rings. The molecule has 0 spiro atoms. The number of nitrogens with one attached hydrogen (secondary N) is 4. The Morgan fingerprint density at radius 1 is 1.33 bits per heavy atom. The first-order valence-corrected chi connectivity index (χ1v) is 9.93. The number of aliphatic imine (C=N–C) groups is 1. The molecule has 0 saturated carbocycles. The molecule has 2 heterocycles. The maximum Gasteiger partial charge on any atom is 0.451 e. The van der Waals surface area contributed by atoms with Gasteiger partial charge in [-0.25, -0.2) is 15.0 Å². The molecule has 0 aromatic carbocycles. The quantitative estimate of drug-likeness (QED) is 0.285. The summed E-state index contributed by atoms with van der Waals surface area (Å²) in [5, 5.41) is 28.1. The molecular formula is C21H24F3N9. The lowest BCUT2D eigenvalue weighted by Gasteiger charge is -2.17. The molecule has 174 valence electrons. The molecule has 0 saturated heterocycles. The fraction of sp³-hybridized carbons (Fsp3) is 0.333. The summed E-state index contributed by atoms with van der Waals surface area (Å²) in [5.74, 6) is -1.89. The van der Waals surface area contributed by atoms with Crippen molar-refractivity contribution in [2.24, 2.45) is 10.7 Å². The molecule has 33 heavy (non-hydrogen) atoms. The molecule has 1 atom stereocenters. The number of rotatable bonds is 9. The van der Waals surface area contributed by atoms with Crippen LogP contribution < -0.4 is 11.1 Å². The minimum Gasteiger partial charge on any atom is -0.388 e. The highest BCUT2D eigenvalue weighted by molar-refractivity contribution is 6.06. The van der Waals surface area contributed by atoms with E-state index in [4.69, 9.17) is 16.6 Å². The second-order valence-electron chi connectivity index (χ2n) is 7.28. The van der Waals surface area contributed by atoms with Crippen molar-refractivity contribution in [3.63, 3.8) is 0 Å². The van der Waals surface area contributed by atoms with Gasteiger partial charge in [-0.3, -0.25) is 5.41 Å². The third kappa shape index (κ3) is 5.62. The average Bonchev–Trinajstić information content (AvgIpc) is 3.15. The maximum absolute atomic E-state index is 12.9. The van der Waals surface area contributed by atoms with E-state index in [2.05, 4.69) is 31.3 Å². The second kappa shape index (κ2) is 10.5. The largest absolute Gasteiger partial charge is 0.451 e. The van der Waals surface area contributed by atoms with Crippen LogP contribution in [-0.4, -0.2) is 39.4 Å². The Kier molecular flexibility index (Phi) is 8.06. The molecule has 2 aromatic heterocycles. The number of nitrogens with two attached hydrogens (primary N) is 1. The monoisotopic (exact) mass is 459 g/mol. The van der Waals surface area contributed by atoms with E-state index in [0.29, 0.717) is 24.0 Å². The molecule has 0 amide bonds. The van der Waals surface area contributed by atoms with Crippen LogP contribution in [0.15, 0.2) is 29.2 Å². The lowest BCUT2D eigenvalue weighted by Crippen LogP contribution is -2.18. The van der Waals surface area contributed by atoms with Gasteiger partial charge in [0.15, 0.2) is 0 Å². The van der Waals surface area contributed by atoms with Gasteiger partial charge in [-0.05, 0) is 25.8 Å². The molecule has 6 N–H and O–H groups in total. The standard InChI is InChI=1S/C21H24F3N9/c1-4-14(12(5-25)7-29-11(2)3)17-15(6-26)16(18(33-17)19(28)32-10-27)13-8-30-20(31-9-13)21(22,23)24/h5,7-11,14,25,29,33H,4H2,1-3H3,(H3,27,28,32)/b12-7+,25-5?. The van der Waals surface area contributed by atoms with Gasteiger partial charge in [0.25, 0.3) is 0 Å². The van der Waals surface area contributed by atoms with Gasteiger partial charge in [-0.15, -0.1) is 0 Å². The number of allylic oxidation sites excluding steroid dienone is 1. The Morgan fingerprint density at radius 3 is 2.42 bits per heavy atom. The summed E-state index contributed by atoms with van der Waals surface area (Å²) in [7, 11) is 0. The van der Waals surface area contributed by atoms with Gasteiger partial charge in [0.2, 0.25) is 5.82 Å². The predicted molar refractivity (Wildman–Crippen MR) is 119 cm³/mol. The average molecular weight is 459 g/mol. The summed E-state index contributed by atoms with van der Waals surface area (Å²) < 4.78 is 38.7. The van der Waals surface area contributed by atoms with Gasteiger partial charge in [0.1, 0.15) is 18.2 Å². The lowest BCUT2D eigenvalue weighted by atomic mass is 9.90. The zero-order valence-corrected chi connectivity index (χ0v) is 18.2. The summed E-state index contributed by atoms with van der Waals surface area (Å²) in [6, 6.07) is 2.20. The van der Waals surface area contributed by atoms with E-state index in [1.54, 1.807) is 6.20 Å². The summed E-state index contributed by atoms with van der Waals surface area (Å²) in [4.78, 5) is 13.6. The molecule has 0 aliphatic heterocycles. The number of aromatic nitrogens is 3. The van der Waals surface area contributed by atoms with Crippen molar-refractivity contribution in [3.05, 3.63) is 46.9 Å². The van der Waals surface area contributed by atoms with Crippen LogP contribution in [0, 0.1) is 22.1 Å². The van der Waals surface area contributed by atoms with Crippen molar-refractivity contribution in [3.8, 4) is 17.2 Å². The zero-order chi connectivity index (χ0) is 24.8. The van der Waals surface area contributed by atoms with E-state index < -0.39 is 17.9 Å². The van der Waals surface area contributed by atoms with E-state index in [9.17, 15) is 18.4 Å². The van der Waals surface area contributed by atoms with Crippen LogP contribution >= 0.6 is 0 Å². The molecule has 0 bridgehead atoms. The highest BCUT2D eigenvalue weighted by Gasteiger charge is 2.35. The Balaban J connectivity index is 2.78. The van der Waals surface area contributed by atoms with Gasteiger partial charge in [0.05, 0.1) is 11.3 Å². The molecule has 0 aliphatic carbocycles. The minimum atomic E-state index is -4.72. The lowest BCUT2D eigenvalue weighted by molar-refractivity contribution is -0.144. The maximum atomic E-state index is 12.9. The topological polar surface area (TPSA) is 163 Å². The number of amidine groups is 1. The normalized spacial score (nSPS) is 13.5. The Hall–Kier alpha value is -4.01. The van der Waals surface area contributed by atoms with Crippen LogP contribution in [0.4, 0.5) is 13.2 Å². The van der Waals surface area contributed by atoms with Crippen molar-refractivity contribution in [1.82, 2.24) is 20.3 Å². The number of hydrogen-bond donors (Lipinski definition) is 5. The Morgan fingerprint density at radius 2 is 1.97 bits per heavy atom. The Bertz CT molecular complexity index is 1100. The Labute approximate surface area is 188 Å². The van der Waals surface area contributed by atoms with Crippen LogP contribution in [0.2, 0.25) is 0 Å². The number of halogens is 3. The number of nitriles is 1. The van der Waals surface area contributed by atoms with Gasteiger partial charge >= 0.3 is 6.18 Å². The second-order valence-corrected chi connectivity index (χ2v) is 7.28. The molecule has 0 aliphatic rings. The SMILES string of the molecule is CCC(/C(C=N)=C/NC(C)C)c1[nH]c(/C(N)=N\C=N)c(-c2cnc(C(F)(F)F)nc2)c1C#N. The van der Waals surface area contributed by atoms with Gasteiger partial charge in [-0.1, -0.05) is 6.92 Å². The fourth-order valence-corrected chi connectivity index (χ4v) is 3.23. The first-order chi connectivity index (χ1) is 15.6. The van der Waals surface area contributed by atoms with E-state index in [0.717, 1.165) is 12.4 Å². The van der Waals surface area contributed by atoms with Crippen LogP contribution in [0.1, 0.15) is 55.9 Å². The molecule has 12 heteroatoms. The van der Waals surface area contributed by atoms with E-state index in [1.165, 1.54) is 6.21 Å². The molecular weight excluding hydrogens is 435 g/mol. The number of aromatic amines is 1. The van der Waals surface area contributed by atoms with Crippen molar-refractivity contribution >= 4 is 18.4 Å². The zero-order valence-electron chi connectivity index (χ0n) is 18.2. The first kappa shape index (κ1) is 25.3. The van der Waals surface area contributed by atoms with Crippen LogP contribution in [0.3, 0.4) is 0 Å². The van der Waals surface area contributed by atoms with Crippen molar-refractivity contribution in [2.75, 3.05) is 0 Å². The molecule has 1 unspecified atom stereocenters. The van der Waals surface area contributed by atoms with Gasteiger partial charge < -0.3 is 21.4 Å². The fourth-order valence-electron chi connectivity index (χ4n) is 3.23. The van der Waals surface area contributed by atoms with Crippen LogP contribution in [-0.2, 0) is 6.18 Å². The first-order valence-electron chi connectivity index (χ1n) is 9.93. The molecule has 9 nitrogen and oxygen atoms in total. The van der Waals surface area contributed by atoms with Gasteiger partial charge in [0, 0.05) is 53.6 Å². The van der Waals surface area contributed by atoms with Crippen molar-refractivity contribution < 1.29 is 13.2 Å². The molecule has 2 rings (SSSR count). The van der Waals surface area contributed by atoms with Crippen molar-refractivity contribution in [2.45, 2.75) is 45.3 Å². The molecule has 2 aromatic rings. The number of alkyl halides is 3. The third-order valence-corrected chi connectivity index (χ3v) is 4.70. The highest BCUT2D eigenvalue weighted by Crippen LogP contribution is 2.37. The summed E-state index contributed by atoms with van der Waals surface area (Å²) in [6.45, 7) is 5.74. The van der Waals surface area contributed by atoms with Gasteiger partial charge in [-0.2, -0.15) is 18.4 Å². The van der Waals surface area contributed by atoms with Crippen LogP contribution in [0.25, 0.3) is 11.1 Å². The van der Waals surface area contributed by atoms with E-state index in [1.807, 2.05) is 20.8 Å². The summed E-state index contributed by atoms with van der Waals surface area (Å²) in [5.41, 5.74) is 7.53. The predicted octanol–water partition coefficient (Wildman–Crippen LogP) is 3.70. The van der Waals surface area contributed by atoms with Crippen molar-refractivity contribution in [1.29, 1.82) is 16.1 Å². The highest BCUT2D eigenvalue weighted by atomic mass is 19.4. The number of H-pyrrole nitrogens is 1.